The van der Waals surface area contributed by atoms with Crippen molar-refractivity contribution < 1.29 is 4.42 Å². The minimum atomic E-state index is 0.890. The Kier molecular flexibility index (Phi) is 6.16. The van der Waals surface area contributed by atoms with Crippen LogP contribution in [0.3, 0.4) is 0 Å². The second-order valence-corrected chi connectivity index (χ2v) is 15.2. The van der Waals surface area contributed by atoms with Crippen molar-refractivity contribution in [2.24, 2.45) is 0 Å². The van der Waals surface area contributed by atoms with Gasteiger partial charge in [-0.05, 0) is 98.0 Å². The monoisotopic (exact) mass is 724 g/mol. The first-order valence-electron chi connectivity index (χ1n) is 19.6. The first-order chi connectivity index (χ1) is 28.3. The summed E-state index contributed by atoms with van der Waals surface area (Å²) in [7, 11) is 0. The predicted molar refractivity (Wildman–Crippen MR) is 240 cm³/mol. The Morgan fingerprint density at radius 3 is 1.60 bits per heavy atom. The molecule has 0 saturated heterocycles. The third-order valence-corrected chi connectivity index (χ3v) is 12.3. The third kappa shape index (κ3) is 4.26. The van der Waals surface area contributed by atoms with Gasteiger partial charge in [0.25, 0.3) is 0 Å². The van der Waals surface area contributed by atoms with Gasteiger partial charge < -0.3 is 13.6 Å². The highest BCUT2D eigenvalue weighted by Gasteiger charge is 2.22. The number of furan rings is 1. The predicted octanol–water partition coefficient (Wildman–Crippen LogP) is 14.9. The van der Waals surface area contributed by atoms with Gasteiger partial charge in [0.15, 0.2) is 0 Å². The molecule has 0 aliphatic carbocycles. The fourth-order valence-electron chi connectivity index (χ4n) is 9.82. The molecule has 0 fully saturated rings. The van der Waals surface area contributed by atoms with E-state index in [1.807, 2.05) is 12.1 Å². The average Bonchev–Trinajstić information content (AvgIpc) is 3.94. The van der Waals surface area contributed by atoms with Gasteiger partial charge in [0.1, 0.15) is 11.2 Å². The van der Waals surface area contributed by atoms with Crippen LogP contribution in [-0.4, -0.2) is 9.13 Å². The van der Waals surface area contributed by atoms with E-state index in [1.165, 1.54) is 87.1 Å². The Balaban J connectivity index is 1.06. The number of benzene rings is 10. The first-order valence-corrected chi connectivity index (χ1v) is 19.6. The van der Waals surface area contributed by atoms with Gasteiger partial charge in [0.2, 0.25) is 0 Å². The molecule has 13 aromatic rings. The Labute approximate surface area is 326 Å². The fourth-order valence-corrected chi connectivity index (χ4v) is 9.82. The fraction of sp³-hybridized carbons (Fsp3) is 0. The lowest BCUT2D eigenvalue weighted by atomic mass is 9.92. The maximum Gasteiger partial charge on any atom is 0.137 e. The molecular formula is C54H32N2O. The molecule has 3 nitrogen and oxygen atoms in total. The van der Waals surface area contributed by atoms with Crippen molar-refractivity contribution in [1.29, 1.82) is 0 Å². The van der Waals surface area contributed by atoms with Gasteiger partial charge >= 0.3 is 0 Å². The van der Waals surface area contributed by atoms with Crippen LogP contribution in [0, 0.1) is 0 Å². The average molecular weight is 725 g/mol. The molecule has 13 rings (SSSR count). The number of nitrogens with zero attached hydrogens (tertiary/aromatic N) is 2. The van der Waals surface area contributed by atoms with E-state index in [0.717, 1.165) is 33.3 Å². The van der Waals surface area contributed by atoms with Crippen molar-refractivity contribution in [3.8, 4) is 22.5 Å². The molecule has 10 aromatic carbocycles. The molecule has 0 N–H and O–H groups in total. The first kappa shape index (κ1) is 30.7. The van der Waals surface area contributed by atoms with E-state index in [0.29, 0.717) is 0 Å². The number of fused-ring (bicyclic) bond motifs is 16. The van der Waals surface area contributed by atoms with Gasteiger partial charge in [-0.3, -0.25) is 0 Å². The largest absolute Gasteiger partial charge is 0.456 e. The van der Waals surface area contributed by atoms with Crippen molar-refractivity contribution in [2.75, 3.05) is 0 Å². The zero-order chi connectivity index (χ0) is 37.2. The van der Waals surface area contributed by atoms with Gasteiger partial charge in [-0.2, -0.15) is 0 Å². The molecule has 57 heavy (non-hydrogen) atoms. The molecule has 0 radical (unpaired) electrons. The van der Waals surface area contributed by atoms with Crippen molar-refractivity contribution in [2.45, 2.75) is 0 Å². The number of hydrogen-bond donors (Lipinski definition) is 0. The van der Waals surface area contributed by atoms with E-state index in [4.69, 9.17) is 4.42 Å². The maximum absolute atomic E-state index is 6.43. The van der Waals surface area contributed by atoms with Gasteiger partial charge in [0.05, 0.1) is 22.1 Å². The van der Waals surface area contributed by atoms with E-state index in [-0.39, 0.29) is 0 Å². The van der Waals surface area contributed by atoms with E-state index in [2.05, 4.69) is 191 Å². The lowest BCUT2D eigenvalue weighted by Gasteiger charge is -2.13. The summed E-state index contributed by atoms with van der Waals surface area (Å²) in [6, 6.07) is 70.8. The molecule has 0 aliphatic rings. The smallest absolute Gasteiger partial charge is 0.137 e. The van der Waals surface area contributed by atoms with Crippen LogP contribution in [0.2, 0.25) is 0 Å². The highest BCUT2D eigenvalue weighted by atomic mass is 16.3. The van der Waals surface area contributed by atoms with Gasteiger partial charge in [-0.15, -0.1) is 0 Å². The summed E-state index contributed by atoms with van der Waals surface area (Å²) in [5.74, 6) is 0. The summed E-state index contributed by atoms with van der Waals surface area (Å²) in [4.78, 5) is 0. The number of aromatic nitrogens is 2. The molecule has 264 valence electrons. The van der Waals surface area contributed by atoms with Crippen molar-refractivity contribution in [3.05, 3.63) is 194 Å². The minimum absolute atomic E-state index is 0.890. The summed E-state index contributed by atoms with van der Waals surface area (Å²) in [6.45, 7) is 0. The summed E-state index contributed by atoms with van der Waals surface area (Å²) >= 11 is 0. The highest BCUT2D eigenvalue weighted by molar-refractivity contribution is 6.27. The van der Waals surface area contributed by atoms with Crippen LogP contribution in [-0.2, 0) is 0 Å². The maximum atomic E-state index is 6.43. The van der Waals surface area contributed by atoms with Crippen LogP contribution in [0.1, 0.15) is 0 Å². The van der Waals surface area contributed by atoms with E-state index < -0.39 is 0 Å². The highest BCUT2D eigenvalue weighted by Crippen LogP contribution is 2.43. The summed E-state index contributed by atoms with van der Waals surface area (Å²) in [5, 5.41) is 14.9. The Morgan fingerprint density at radius 2 is 0.825 bits per heavy atom. The van der Waals surface area contributed by atoms with E-state index in [1.54, 1.807) is 0 Å². The second-order valence-electron chi connectivity index (χ2n) is 15.2. The number of para-hydroxylation sites is 3. The number of hydrogen-bond acceptors (Lipinski definition) is 1. The van der Waals surface area contributed by atoms with Crippen molar-refractivity contribution in [3.63, 3.8) is 0 Å². The zero-order valence-corrected chi connectivity index (χ0v) is 30.8. The summed E-state index contributed by atoms with van der Waals surface area (Å²) < 4.78 is 11.3. The molecule has 0 spiro atoms. The second kappa shape index (κ2) is 11.5. The Hall–Kier alpha value is -7.62. The standard InChI is InChI=1S/C54H32N2O/c1-2-16-39-37(14-1)38-15-3-4-17-40(38)47-31-34(24-26-41(39)47)33-12-11-13-35(30-33)55-49-22-9-6-20-46(49)53-50(55)29-28-45-42-18-5-8-21-48(42)56(54(45)53)36-25-27-44-43-19-7-10-23-51(43)57-52(44)32-36/h1-32H. The molecule has 0 atom stereocenters. The van der Waals surface area contributed by atoms with Crippen LogP contribution < -0.4 is 0 Å². The normalized spacial score (nSPS) is 12.2. The van der Waals surface area contributed by atoms with Crippen LogP contribution >= 0.6 is 0 Å². The summed E-state index contributed by atoms with van der Waals surface area (Å²) in [5.41, 5.74) is 11.1. The van der Waals surface area contributed by atoms with Crippen molar-refractivity contribution in [1.82, 2.24) is 9.13 Å². The summed E-state index contributed by atoms with van der Waals surface area (Å²) in [6.07, 6.45) is 0. The van der Waals surface area contributed by atoms with Gasteiger partial charge in [-0.1, -0.05) is 133 Å². The lowest BCUT2D eigenvalue weighted by Crippen LogP contribution is -1.96. The Bertz CT molecular complexity index is 3780. The third-order valence-electron chi connectivity index (χ3n) is 12.3. The quantitative estimate of drug-likeness (QED) is 0.166. The zero-order valence-electron chi connectivity index (χ0n) is 30.8. The topological polar surface area (TPSA) is 23.0 Å². The Morgan fingerprint density at radius 1 is 0.281 bits per heavy atom. The van der Waals surface area contributed by atoms with Crippen LogP contribution in [0.15, 0.2) is 199 Å². The molecule has 0 saturated carbocycles. The van der Waals surface area contributed by atoms with Crippen LogP contribution in [0.5, 0.6) is 0 Å². The molecule has 0 bridgehead atoms. The molecule has 3 heterocycles. The van der Waals surface area contributed by atoms with Crippen molar-refractivity contribution >= 4 is 97.9 Å². The molecule has 3 heteroatoms. The minimum Gasteiger partial charge on any atom is -0.456 e. The molecule has 0 aliphatic heterocycles. The molecule has 0 amide bonds. The van der Waals surface area contributed by atoms with Crippen LogP contribution in [0.25, 0.3) is 120 Å². The SMILES string of the molecule is c1cc(-c2ccc3c4ccccc4c4ccccc4c3c2)cc(-n2c3ccccc3c3c2ccc2c4ccccc4n(-c4ccc5c(c4)oc4ccccc45)c23)c1. The lowest BCUT2D eigenvalue weighted by molar-refractivity contribution is 0.668. The number of rotatable bonds is 3. The molecule has 0 unspecified atom stereocenters. The molecular weight excluding hydrogens is 693 g/mol. The van der Waals surface area contributed by atoms with Crippen LogP contribution in [0.4, 0.5) is 0 Å². The van der Waals surface area contributed by atoms with Gasteiger partial charge in [-0.25, -0.2) is 0 Å². The van der Waals surface area contributed by atoms with E-state index in [9.17, 15) is 0 Å². The van der Waals surface area contributed by atoms with E-state index >= 15 is 0 Å². The molecule has 3 aromatic heterocycles. The van der Waals surface area contributed by atoms with Gasteiger partial charge in [0, 0.05) is 49.8 Å².